The average Bonchev–Trinajstić information content (AvgIpc) is 2.46. The van der Waals surface area contributed by atoms with E-state index in [2.05, 4.69) is 6.07 Å². The summed E-state index contributed by atoms with van der Waals surface area (Å²) in [5.74, 6) is 0.487. The minimum Gasteiger partial charge on any atom is -0.496 e. The summed E-state index contributed by atoms with van der Waals surface area (Å²) < 4.78 is 5.20. The largest absolute Gasteiger partial charge is 0.496 e. The van der Waals surface area contributed by atoms with Gasteiger partial charge >= 0.3 is 0 Å². The molecule has 19 heavy (non-hydrogen) atoms. The first-order valence-corrected chi connectivity index (χ1v) is 6.56. The number of carbonyl (C=O) groups is 1. The molecule has 1 heterocycles. The van der Waals surface area contributed by atoms with Crippen molar-refractivity contribution in [3.63, 3.8) is 0 Å². The van der Waals surface area contributed by atoms with Crippen LogP contribution in [0, 0.1) is 17.2 Å². The van der Waals surface area contributed by atoms with Gasteiger partial charge in [-0.2, -0.15) is 5.26 Å². The minimum atomic E-state index is -0.0649. The molecule has 1 aliphatic rings. The third-order valence-electron chi connectivity index (χ3n) is 3.36. The zero-order chi connectivity index (χ0) is 13.8. The number of carbonyl (C=O) groups excluding carboxylic acids is 1. The molecule has 0 N–H and O–H groups in total. The second kappa shape index (κ2) is 5.94. The standard InChI is InChI=1S/C14H15ClN2O2/c1-19-13-8-11(15)2-3-12(13)14(18)17-6-4-10(9-16)5-7-17/h2-3,8,10H,4-7H2,1H3. The molecule has 4 nitrogen and oxygen atoms in total. The molecule has 1 saturated heterocycles. The van der Waals surface area contributed by atoms with Gasteiger partial charge in [0.1, 0.15) is 5.75 Å². The van der Waals surface area contributed by atoms with Crippen molar-refractivity contribution in [2.24, 2.45) is 5.92 Å². The smallest absolute Gasteiger partial charge is 0.257 e. The lowest BCUT2D eigenvalue weighted by molar-refractivity contribution is 0.0704. The Hall–Kier alpha value is -1.73. The van der Waals surface area contributed by atoms with Crippen LogP contribution in [0.25, 0.3) is 0 Å². The number of hydrogen-bond donors (Lipinski definition) is 0. The maximum Gasteiger partial charge on any atom is 0.257 e. The second-order valence-corrected chi connectivity index (χ2v) is 4.98. The number of ether oxygens (including phenoxy) is 1. The second-order valence-electron chi connectivity index (χ2n) is 4.54. The van der Waals surface area contributed by atoms with Crippen molar-refractivity contribution in [2.75, 3.05) is 20.2 Å². The lowest BCUT2D eigenvalue weighted by atomic mass is 9.98. The van der Waals surface area contributed by atoms with Crippen molar-refractivity contribution >= 4 is 17.5 Å². The van der Waals surface area contributed by atoms with E-state index in [1.54, 1.807) is 23.1 Å². The first-order valence-electron chi connectivity index (χ1n) is 6.18. The molecule has 0 aromatic heterocycles. The van der Waals surface area contributed by atoms with Crippen LogP contribution in [0.2, 0.25) is 5.02 Å². The molecule has 0 aliphatic carbocycles. The molecule has 5 heteroatoms. The Labute approximate surface area is 117 Å². The zero-order valence-electron chi connectivity index (χ0n) is 10.7. The Balaban J connectivity index is 2.15. The average molecular weight is 279 g/mol. The van der Waals surface area contributed by atoms with Crippen LogP contribution in [0.15, 0.2) is 18.2 Å². The third-order valence-corrected chi connectivity index (χ3v) is 3.59. The van der Waals surface area contributed by atoms with Gasteiger partial charge in [-0.25, -0.2) is 0 Å². The molecule has 0 bridgehead atoms. The summed E-state index contributed by atoms with van der Waals surface area (Å²) in [6.45, 7) is 1.23. The third kappa shape index (κ3) is 2.99. The maximum atomic E-state index is 12.4. The summed E-state index contributed by atoms with van der Waals surface area (Å²) in [5, 5.41) is 9.40. The Morgan fingerprint density at radius 1 is 1.47 bits per heavy atom. The van der Waals surface area contributed by atoms with E-state index in [4.69, 9.17) is 21.6 Å². The van der Waals surface area contributed by atoms with Crippen molar-refractivity contribution in [1.82, 2.24) is 4.90 Å². The molecule has 1 aliphatic heterocycles. The maximum absolute atomic E-state index is 12.4. The summed E-state index contributed by atoms with van der Waals surface area (Å²) in [5.41, 5.74) is 0.516. The fraction of sp³-hybridized carbons (Fsp3) is 0.429. The zero-order valence-corrected chi connectivity index (χ0v) is 11.5. The van der Waals surface area contributed by atoms with Gasteiger partial charge in [-0.3, -0.25) is 4.79 Å². The summed E-state index contributed by atoms with van der Waals surface area (Å²) >= 11 is 5.88. The number of benzene rings is 1. The van der Waals surface area contributed by atoms with Gasteiger partial charge < -0.3 is 9.64 Å². The Bertz CT molecular complexity index is 517. The molecule has 1 aromatic rings. The SMILES string of the molecule is COc1cc(Cl)ccc1C(=O)N1CCC(C#N)CC1. The Morgan fingerprint density at radius 2 is 2.16 bits per heavy atom. The molecule has 1 fully saturated rings. The van der Waals surface area contributed by atoms with E-state index in [0.717, 1.165) is 12.8 Å². The monoisotopic (exact) mass is 278 g/mol. The summed E-state index contributed by atoms with van der Waals surface area (Å²) in [7, 11) is 1.52. The number of rotatable bonds is 2. The first-order chi connectivity index (χ1) is 9.15. The van der Waals surface area contributed by atoms with Crippen LogP contribution in [0.1, 0.15) is 23.2 Å². The van der Waals surface area contributed by atoms with Gasteiger partial charge in [0.15, 0.2) is 0 Å². The predicted molar refractivity (Wildman–Crippen MR) is 72.2 cm³/mol. The number of hydrogen-bond acceptors (Lipinski definition) is 3. The summed E-state index contributed by atoms with van der Waals surface area (Å²) in [6, 6.07) is 7.25. The highest BCUT2D eigenvalue weighted by Gasteiger charge is 2.25. The predicted octanol–water partition coefficient (Wildman–Crippen LogP) is 2.72. The molecule has 0 spiro atoms. The summed E-state index contributed by atoms with van der Waals surface area (Å²) in [4.78, 5) is 14.2. The summed E-state index contributed by atoms with van der Waals surface area (Å²) in [6.07, 6.45) is 1.47. The Kier molecular flexibility index (Phi) is 4.28. The first kappa shape index (κ1) is 13.7. The fourth-order valence-electron chi connectivity index (χ4n) is 2.22. The van der Waals surface area contributed by atoms with Crippen molar-refractivity contribution in [1.29, 1.82) is 5.26 Å². The van der Waals surface area contributed by atoms with Crippen LogP contribution < -0.4 is 4.74 Å². The van der Waals surface area contributed by atoms with E-state index in [1.807, 2.05) is 0 Å². The van der Waals surface area contributed by atoms with Crippen LogP contribution >= 0.6 is 11.6 Å². The highest BCUT2D eigenvalue weighted by Crippen LogP contribution is 2.26. The quantitative estimate of drug-likeness (QED) is 0.836. The van der Waals surface area contributed by atoms with Crippen molar-refractivity contribution in [3.8, 4) is 11.8 Å². The normalized spacial score (nSPS) is 15.9. The van der Waals surface area contributed by atoms with Gasteiger partial charge in [-0.1, -0.05) is 11.6 Å². The topological polar surface area (TPSA) is 53.3 Å². The van der Waals surface area contributed by atoms with Crippen LogP contribution in [-0.4, -0.2) is 31.0 Å². The number of piperidine rings is 1. The van der Waals surface area contributed by atoms with Crippen molar-refractivity contribution < 1.29 is 9.53 Å². The number of methoxy groups -OCH3 is 1. The van der Waals surface area contributed by atoms with Gasteiger partial charge in [0, 0.05) is 24.0 Å². The van der Waals surface area contributed by atoms with Gasteiger partial charge in [0.25, 0.3) is 5.91 Å². The number of likely N-dealkylation sites (tertiary alicyclic amines) is 1. The number of halogens is 1. The lowest BCUT2D eigenvalue weighted by Gasteiger charge is -2.29. The number of nitrogens with zero attached hydrogens (tertiary/aromatic N) is 2. The Morgan fingerprint density at radius 3 is 2.74 bits per heavy atom. The van der Waals surface area contributed by atoms with Crippen LogP contribution in [0.5, 0.6) is 5.75 Å². The molecule has 0 saturated carbocycles. The van der Waals surface area contributed by atoms with E-state index >= 15 is 0 Å². The molecule has 1 amide bonds. The highest BCUT2D eigenvalue weighted by molar-refractivity contribution is 6.30. The molecule has 0 unspecified atom stereocenters. The molecular formula is C14H15ClN2O2. The number of nitriles is 1. The van der Waals surface area contributed by atoms with E-state index in [9.17, 15) is 4.79 Å². The van der Waals surface area contributed by atoms with Gasteiger partial charge in [0.05, 0.1) is 18.7 Å². The molecule has 2 rings (SSSR count). The van der Waals surface area contributed by atoms with Gasteiger partial charge in [0.2, 0.25) is 0 Å². The lowest BCUT2D eigenvalue weighted by Crippen LogP contribution is -2.38. The van der Waals surface area contributed by atoms with Crippen LogP contribution in [0.4, 0.5) is 0 Å². The minimum absolute atomic E-state index is 0.0649. The molecular weight excluding hydrogens is 264 g/mol. The van der Waals surface area contributed by atoms with Gasteiger partial charge in [-0.05, 0) is 31.0 Å². The van der Waals surface area contributed by atoms with Gasteiger partial charge in [-0.15, -0.1) is 0 Å². The van der Waals surface area contributed by atoms with E-state index in [-0.39, 0.29) is 11.8 Å². The number of amides is 1. The van der Waals surface area contributed by atoms with E-state index in [0.29, 0.717) is 29.4 Å². The molecule has 0 atom stereocenters. The van der Waals surface area contributed by atoms with E-state index in [1.165, 1.54) is 7.11 Å². The van der Waals surface area contributed by atoms with E-state index < -0.39 is 0 Å². The van der Waals surface area contributed by atoms with Crippen LogP contribution in [-0.2, 0) is 0 Å². The highest BCUT2D eigenvalue weighted by atomic mass is 35.5. The van der Waals surface area contributed by atoms with Crippen molar-refractivity contribution in [3.05, 3.63) is 28.8 Å². The van der Waals surface area contributed by atoms with Crippen LogP contribution in [0.3, 0.4) is 0 Å². The molecule has 0 radical (unpaired) electrons. The molecule has 100 valence electrons. The fourth-order valence-corrected chi connectivity index (χ4v) is 2.39. The molecule has 1 aromatic carbocycles. The van der Waals surface area contributed by atoms with Crippen molar-refractivity contribution in [2.45, 2.75) is 12.8 Å².